The Hall–Kier alpha value is -2.81. The molecule has 0 aromatic heterocycles. The maximum atomic E-state index is 10.3. The summed E-state index contributed by atoms with van der Waals surface area (Å²) in [6, 6.07) is 16.6. The van der Waals surface area contributed by atoms with E-state index < -0.39 is 12.1 Å². The number of aliphatic hydroxyl groups is 1. The lowest BCUT2D eigenvalue weighted by Gasteiger charge is -2.29. The minimum Gasteiger partial charge on any atom is -0.392 e. The molecule has 1 N–H and O–H groups in total. The van der Waals surface area contributed by atoms with Crippen LogP contribution in [0.5, 0.6) is 0 Å². The molecule has 0 bridgehead atoms. The smallest absolute Gasteiger partial charge is 0.0887 e. The van der Waals surface area contributed by atoms with Gasteiger partial charge < -0.3 is 5.11 Å². The first-order valence-electron chi connectivity index (χ1n) is 8.19. The maximum Gasteiger partial charge on any atom is 0.0887 e. The van der Waals surface area contributed by atoms with Crippen molar-refractivity contribution in [1.82, 2.24) is 0 Å². The minimum absolute atomic E-state index is 0.499. The standard InChI is InChI=1S/C20H15N3O/c21-23-22-20-16-10-13-5-4-11-2-1-3-12-6-7-15(19(13)18(11)12)14(16)8-9-17(20)24/h1-7,10,17,20,24H,8-9H2. The van der Waals surface area contributed by atoms with Crippen molar-refractivity contribution in [2.45, 2.75) is 25.0 Å². The zero-order chi connectivity index (χ0) is 16.3. The zero-order valence-corrected chi connectivity index (χ0v) is 13.0. The summed E-state index contributed by atoms with van der Waals surface area (Å²) in [6.07, 6.45) is 0.824. The topological polar surface area (TPSA) is 69.0 Å². The molecule has 4 heteroatoms. The minimum atomic E-state index is -0.610. The molecule has 1 aliphatic carbocycles. The van der Waals surface area contributed by atoms with Crippen molar-refractivity contribution < 1.29 is 5.11 Å². The second-order valence-electron chi connectivity index (χ2n) is 6.56. The van der Waals surface area contributed by atoms with Crippen LogP contribution in [0.1, 0.15) is 23.6 Å². The third kappa shape index (κ3) is 1.70. The van der Waals surface area contributed by atoms with Gasteiger partial charge in [0.2, 0.25) is 0 Å². The van der Waals surface area contributed by atoms with E-state index >= 15 is 0 Å². The van der Waals surface area contributed by atoms with Gasteiger partial charge in [-0.25, -0.2) is 0 Å². The summed E-state index contributed by atoms with van der Waals surface area (Å²) < 4.78 is 0. The third-order valence-corrected chi connectivity index (χ3v) is 5.34. The summed E-state index contributed by atoms with van der Waals surface area (Å²) in [4.78, 5) is 2.95. The largest absolute Gasteiger partial charge is 0.392 e. The van der Waals surface area contributed by atoms with Gasteiger partial charge in [-0.15, -0.1) is 0 Å². The summed E-state index contributed by atoms with van der Waals surface area (Å²) in [5.41, 5.74) is 11.1. The Morgan fingerprint density at radius 3 is 2.54 bits per heavy atom. The highest BCUT2D eigenvalue weighted by Gasteiger charge is 2.29. The Bertz CT molecular complexity index is 1130. The van der Waals surface area contributed by atoms with Crippen molar-refractivity contribution in [3.05, 3.63) is 70.1 Å². The van der Waals surface area contributed by atoms with Crippen LogP contribution < -0.4 is 0 Å². The van der Waals surface area contributed by atoms with Gasteiger partial charge in [0.1, 0.15) is 0 Å². The summed E-state index contributed by atoms with van der Waals surface area (Å²) in [7, 11) is 0. The lowest BCUT2D eigenvalue weighted by atomic mass is 9.80. The average Bonchev–Trinajstić information content (AvgIpc) is 2.61. The molecule has 0 saturated heterocycles. The molecule has 4 aromatic carbocycles. The highest BCUT2D eigenvalue weighted by atomic mass is 16.3. The lowest BCUT2D eigenvalue weighted by molar-refractivity contribution is 0.128. The summed E-state index contributed by atoms with van der Waals surface area (Å²) in [5, 5.41) is 21.6. The Morgan fingerprint density at radius 1 is 1.00 bits per heavy atom. The van der Waals surface area contributed by atoms with E-state index in [9.17, 15) is 5.11 Å². The Morgan fingerprint density at radius 2 is 1.75 bits per heavy atom. The zero-order valence-electron chi connectivity index (χ0n) is 13.0. The van der Waals surface area contributed by atoms with Crippen molar-refractivity contribution in [2.75, 3.05) is 0 Å². The molecule has 0 spiro atoms. The molecule has 0 aliphatic heterocycles. The molecule has 116 valence electrons. The van der Waals surface area contributed by atoms with E-state index in [-0.39, 0.29) is 0 Å². The first kappa shape index (κ1) is 13.6. The highest BCUT2D eigenvalue weighted by molar-refractivity contribution is 6.23. The van der Waals surface area contributed by atoms with E-state index in [1.165, 1.54) is 32.5 Å². The van der Waals surface area contributed by atoms with Gasteiger partial charge in [-0.3, -0.25) is 0 Å². The molecular weight excluding hydrogens is 298 g/mol. The third-order valence-electron chi connectivity index (χ3n) is 5.34. The Labute approximate surface area is 138 Å². The SMILES string of the molecule is [N-]=[N+]=NC1c2cc3ccc4cccc5ccc(c2CCC1O)c3c45. The van der Waals surface area contributed by atoms with Gasteiger partial charge in [0.05, 0.1) is 12.1 Å². The number of nitrogens with zero attached hydrogens (tertiary/aromatic N) is 3. The van der Waals surface area contributed by atoms with Crippen molar-refractivity contribution in [1.29, 1.82) is 0 Å². The quantitative estimate of drug-likeness (QED) is 0.222. The Balaban J connectivity index is 1.97. The molecule has 0 radical (unpaired) electrons. The van der Waals surface area contributed by atoms with E-state index in [2.05, 4.69) is 58.6 Å². The molecule has 4 aromatic rings. The molecule has 0 fully saturated rings. The lowest BCUT2D eigenvalue weighted by Crippen LogP contribution is -2.23. The van der Waals surface area contributed by atoms with Gasteiger partial charge in [0, 0.05) is 4.91 Å². The van der Waals surface area contributed by atoms with Crippen molar-refractivity contribution >= 4 is 32.3 Å². The van der Waals surface area contributed by atoms with Crippen LogP contribution in [0.2, 0.25) is 0 Å². The van der Waals surface area contributed by atoms with E-state index in [4.69, 9.17) is 5.53 Å². The van der Waals surface area contributed by atoms with Crippen LogP contribution in [-0.2, 0) is 6.42 Å². The van der Waals surface area contributed by atoms with E-state index in [1.807, 2.05) is 0 Å². The van der Waals surface area contributed by atoms with Crippen molar-refractivity contribution in [3.63, 3.8) is 0 Å². The van der Waals surface area contributed by atoms with E-state index in [1.54, 1.807) is 0 Å². The first-order valence-corrected chi connectivity index (χ1v) is 8.19. The van der Waals surface area contributed by atoms with E-state index in [0.717, 1.165) is 17.4 Å². The monoisotopic (exact) mass is 313 g/mol. The first-order chi connectivity index (χ1) is 11.8. The van der Waals surface area contributed by atoms with Crippen molar-refractivity contribution in [3.8, 4) is 0 Å². The average molecular weight is 313 g/mol. The normalized spacial score (nSPS) is 20.4. The molecule has 0 saturated carbocycles. The summed E-state index contributed by atoms with van der Waals surface area (Å²) >= 11 is 0. The number of fused-ring (bicyclic) bond motifs is 2. The molecule has 2 unspecified atom stereocenters. The van der Waals surface area contributed by atoms with Crippen molar-refractivity contribution in [2.24, 2.45) is 5.11 Å². The number of benzene rings is 4. The van der Waals surface area contributed by atoms with Crippen LogP contribution in [0, 0.1) is 0 Å². The number of hydrogen-bond donors (Lipinski definition) is 1. The fourth-order valence-corrected chi connectivity index (χ4v) is 4.29. The predicted molar refractivity (Wildman–Crippen MR) is 96.4 cm³/mol. The van der Waals surface area contributed by atoms with Gasteiger partial charge >= 0.3 is 0 Å². The van der Waals surface area contributed by atoms with Gasteiger partial charge in [0.15, 0.2) is 0 Å². The molecule has 4 nitrogen and oxygen atoms in total. The molecule has 5 rings (SSSR count). The van der Waals surface area contributed by atoms with Crippen LogP contribution in [0.3, 0.4) is 0 Å². The van der Waals surface area contributed by atoms with Crippen LogP contribution in [-0.4, -0.2) is 11.2 Å². The van der Waals surface area contributed by atoms with Crippen LogP contribution in [0.4, 0.5) is 0 Å². The fourth-order valence-electron chi connectivity index (χ4n) is 4.29. The number of hydrogen-bond acceptors (Lipinski definition) is 2. The maximum absolute atomic E-state index is 10.3. The van der Waals surface area contributed by atoms with E-state index in [0.29, 0.717) is 6.42 Å². The number of aryl methyl sites for hydroxylation is 1. The fraction of sp³-hybridized carbons (Fsp3) is 0.200. The van der Waals surface area contributed by atoms with Gasteiger partial charge in [-0.05, 0) is 61.8 Å². The number of aliphatic hydroxyl groups excluding tert-OH is 1. The van der Waals surface area contributed by atoms with Crippen LogP contribution in [0.25, 0.3) is 42.8 Å². The number of azide groups is 1. The predicted octanol–water partition coefficient (Wildman–Crippen LogP) is 5.24. The second kappa shape index (κ2) is 4.84. The summed E-state index contributed by atoms with van der Waals surface area (Å²) in [6.45, 7) is 0. The second-order valence-corrected chi connectivity index (χ2v) is 6.56. The molecule has 2 atom stereocenters. The molecule has 0 amide bonds. The Kier molecular flexibility index (Phi) is 2.75. The molecule has 0 heterocycles. The highest BCUT2D eigenvalue weighted by Crippen LogP contribution is 2.42. The van der Waals surface area contributed by atoms with Gasteiger partial charge in [0.25, 0.3) is 0 Å². The number of rotatable bonds is 1. The van der Waals surface area contributed by atoms with Crippen LogP contribution in [0.15, 0.2) is 53.6 Å². The molecular formula is C20H15N3O. The molecule has 1 aliphatic rings. The summed E-state index contributed by atoms with van der Waals surface area (Å²) in [5.74, 6) is 0. The van der Waals surface area contributed by atoms with Gasteiger partial charge in [-0.2, -0.15) is 0 Å². The molecule has 24 heavy (non-hydrogen) atoms. The van der Waals surface area contributed by atoms with Gasteiger partial charge in [-0.1, -0.05) is 53.6 Å². The van der Waals surface area contributed by atoms with Crippen LogP contribution >= 0.6 is 0 Å².